The molecule has 0 aromatic carbocycles. The molecule has 2 rings (SSSR count). The van der Waals surface area contributed by atoms with Crippen LogP contribution in [0.1, 0.15) is 19.3 Å². The second kappa shape index (κ2) is 4.75. The number of piperidine rings is 1. The smallest absolute Gasteiger partial charge is 0.237 e. The molecule has 0 spiro atoms. The Morgan fingerprint density at radius 3 is 3.14 bits per heavy atom. The van der Waals surface area contributed by atoms with Crippen LogP contribution in [0.25, 0.3) is 0 Å². The number of rotatable bonds is 3. The zero-order valence-electron chi connectivity index (χ0n) is 8.42. The van der Waals surface area contributed by atoms with Crippen molar-refractivity contribution >= 4 is 5.91 Å². The minimum absolute atomic E-state index is 0.0318. The third-order valence-electron chi connectivity index (χ3n) is 2.96. The highest BCUT2D eigenvalue weighted by atomic mass is 16.5. The molecule has 4 heteroatoms. The number of amides is 1. The normalized spacial score (nSPS) is 33.0. The molecule has 0 aliphatic carbocycles. The maximum atomic E-state index is 11.4. The molecule has 1 amide bonds. The van der Waals surface area contributed by atoms with Crippen molar-refractivity contribution in [2.75, 3.05) is 26.3 Å². The monoisotopic (exact) mass is 198 g/mol. The second-order valence-electron chi connectivity index (χ2n) is 4.12. The summed E-state index contributed by atoms with van der Waals surface area (Å²) in [5.74, 6) is 0.764. The van der Waals surface area contributed by atoms with Crippen LogP contribution in [0.2, 0.25) is 0 Å². The van der Waals surface area contributed by atoms with Crippen molar-refractivity contribution in [1.29, 1.82) is 0 Å². The van der Waals surface area contributed by atoms with Crippen molar-refractivity contribution in [1.82, 2.24) is 10.6 Å². The molecule has 0 bridgehead atoms. The van der Waals surface area contributed by atoms with E-state index in [2.05, 4.69) is 10.6 Å². The molecule has 80 valence electrons. The standard InChI is InChI=1S/C10H18N2O2/c13-10-9(2-1-4-11-10)12-6-8-3-5-14-7-8/h8-9,12H,1-7H2,(H,11,13). The van der Waals surface area contributed by atoms with Crippen LogP contribution in [0.15, 0.2) is 0 Å². The van der Waals surface area contributed by atoms with E-state index in [9.17, 15) is 4.79 Å². The van der Waals surface area contributed by atoms with Gasteiger partial charge >= 0.3 is 0 Å². The van der Waals surface area contributed by atoms with E-state index in [1.807, 2.05) is 0 Å². The lowest BCUT2D eigenvalue weighted by atomic mass is 10.0. The molecule has 2 saturated heterocycles. The van der Waals surface area contributed by atoms with Gasteiger partial charge in [0.1, 0.15) is 0 Å². The molecule has 2 heterocycles. The number of ether oxygens (including phenoxy) is 1. The van der Waals surface area contributed by atoms with Gasteiger partial charge in [-0.25, -0.2) is 0 Å². The lowest BCUT2D eigenvalue weighted by molar-refractivity contribution is -0.124. The van der Waals surface area contributed by atoms with Gasteiger partial charge in [0, 0.05) is 19.7 Å². The predicted molar refractivity (Wildman–Crippen MR) is 53.0 cm³/mol. The summed E-state index contributed by atoms with van der Waals surface area (Å²) in [6, 6.07) is 0.0318. The quantitative estimate of drug-likeness (QED) is 0.665. The topological polar surface area (TPSA) is 50.4 Å². The molecular weight excluding hydrogens is 180 g/mol. The highest BCUT2D eigenvalue weighted by Gasteiger charge is 2.23. The Labute approximate surface area is 84.4 Å². The summed E-state index contributed by atoms with van der Waals surface area (Å²) < 4.78 is 5.28. The van der Waals surface area contributed by atoms with E-state index in [1.54, 1.807) is 0 Å². The third kappa shape index (κ3) is 2.45. The summed E-state index contributed by atoms with van der Waals surface area (Å²) in [6.45, 7) is 3.48. The van der Waals surface area contributed by atoms with Crippen LogP contribution >= 0.6 is 0 Å². The molecule has 2 atom stereocenters. The largest absolute Gasteiger partial charge is 0.381 e. The van der Waals surface area contributed by atoms with E-state index in [1.165, 1.54) is 0 Å². The molecule has 0 aromatic heterocycles. The van der Waals surface area contributed by atoms with Crippen LogP contribution in [-0.4, -0.2) is 38.3 Å². The zero-order valence-corrected chi connectivity index (χ0v) is 8.42. The van der Waals surface area contributed by atoms with E-state index >= 15 is 0 Å². The summed E-state index contributed by atoms with van der Waals surface area (Å²) in [7, 11) is 0. The summed E-state index contributed by atoms with van der Waals surface area (Å²) in [4.78, 5) is 11.4. The molecule has 2 N–H and O–H groups in total. The first-order valence-corrected chi connectivity index (χ1v) is 5.45. The Morgan fingerprint density at radius 2 is 2.43 bits per heavy atom. The van der Waals surface area contributed by atoms with Gasteiger partial charge in [0.05, 0.1) is 12.6 Å². The van der Waals surface area contributed by atoms with Crippen LogP contribution in [0, 0.1) is 5.92 Å². The first kappa shape index (κ1) is 9.93. The Hall–Kier alpha value is -0.610. The second-order valence-corrected chi connectivity index (χ2v) is 4.12. The van der Waals surface area contributed by atoms with Crippen LogP contribution in [0.5, 0.6) is 0 Å². The average molecular weight is 198 g/mol. The van der Waals surface area contributed by atoms with Crippen LogP contribution in [-0.2, 0) is 9.53 Å². The van der Waals surface area contributed by atoms with Gasteiger partial charge in [0.15, 0.2) is 0 Å². The molecule has 2 aliphatic rings. The average Bonchev–Trinajstić information content (AvgIpc) is 2.69. The van der Waals surface area contributed by atoms with Gasteiger partial charge in [-0.2, -0.15) is 0 Å². The Balaban J connectivity index is 1.70. The van der Waals surface area contributed by atoms with Crippen molar-refractivity contribution < 1.29 is 9.53 Å². The number of carbonyl (C=O) groups is 1. The number of hydrogen-bond acceptors (Lipinski definition) is 3. The molecule has 0 radical (unpaired) electrons. The van der Waals surface area contributed by atoms with Crippen LogP contribution < -0.4 is 10.6 Å². The summed E-state index contributed by atoms with van der Waals surface area (Å²) >= 11 is 0. The van der Waals surface area contributed by atoms with Gasteiger partial charge in [-0.3, -0.25) is 4.79 Å². The fourth-order valence-corrected chi connectivity index (χ4v) is 2.02. The molecule has 0 saturated carbocycles. The molecule has 2 aliphatic heterocycles. The predicted octanol–water partition coefficient (Wildman–Crippen LogP) is -0.109. The summed E-state index contributed by atoms with van der Waals surface area (Å²) in [5.41, 5.74) is 0. The number of carbonyl (C=O) groups excluding carboxylic acids is 1. The number of hydrogen-bond donors (Lipinski definition) is 2. The third-order valence-corrected chi connectivity index (χ3v) is 2.96. The molecule has 0 aromatic rings. The van der Waals surface area contributed by atoms with Gasteiger partial charge in [-0.15, -0.1) is 0 Å². The maximum Gasteiger partial charge on any atom is 0.237 e. The first-order valence-electron chi connectivity index (χ1n) is 5.45. The fourth-order valence-electron chi connectivity index (χ4n) is 2.02. The molecule has 4 nitrogen and oxygen atoms in total. The summed E-state index contributed by atoms with van der Waals surface area (Å²) in [6.07, 6.45) is 3.19. The van der Waals surface area contributed by atoms with E-state index in [-0.39, 0.29) is 11.9 Å². The maximum absolute atomic E-state index is 11.4. The molecule has 14 heavy (non-hydrogen) atoms. The fraction of sp³-hybridized carbons (Fsp3) is 0.900. The molecular formula is C10H18N2O2. The highest BCUT2D eigenvalue weighted by Crippen LogP contribution is 2.12. The Bertz CT molecular complexity index is 202. The summed E-state index contributed by atoms with van der Waals surface area (Å²) in [5, 5.41) is 6.20. The van der Waals surface area contributed by atoms with Crippen molar-refractivity contribution in [2.45, 2.75) is 25.3 Å². The lowest BCUT2D eigenvalue weighted by Crippen LogP contribution is -2.49. The number of nitrogens with one attached hydrogen (secondary N) is 2. The highest BCUT2D eigenvalue weighted by molar-refractivity contribution is 5.82. The first-order chi connectivity index (χ1) is 6.86. The van der Waals surface area contributed by atoms with Crippen LogP contribution in [0.3, 0.4) is 0 Å². The van der Waals surface area contributed by atoms with Gasteiger partial charge < -0.3 is 15.4 Å². The van der Waals surface area contributed by atoms with E-state index in [4.69, 9.17) is 4.74 Å². The van der Waals surface area contributed by atoms with E-state index in [0.717, 1.165) is 45.6 Å². The van der Waals surface area contributed by atoms with Crippen molar-refractivity contribution in [3.63, 3.8) is 0 Å². The molecule has 2 fully saturated rings. The van der Waals surface area contributed by atoms with Gasteiger partial charge in [0.2, 0.25) is 5.91 Å². The van der Waals surface area contributed by atoms with Gasteiger partial charge in [-0.1, -0.05) is 0 Å². The zero-order chi connectivity index (χ0) is 9.80. The van der Waals surface area contributed by atoms with E-state index in [0.29, 0.717) is 5.92 Å². The lowest BCUT2D eigenvalue weighted by Gasteiger charge is -2.23. The van der Waals surface area contributed by atoms with Crippen LogP contribution in [0.4, 0.5) is 0 Å². The Kier molecular flexibility index (Phi) is 3.37. The van der Waals surface area contributed by atoms with Crippen molar-refractivity contribution in [3.8, 4) is 0 Å². The minimum Gasteiger partial charge on any atom is -0.381 e. The SMILES string of the molecule is O=C1NCCCC1NCC1CCOC1. The van der Waals surface area contributed by atoms with Gasteiger partial charge in [-0.05, 0) is 25.2 Å². The molecule has 2 unspecified atom stereocenters. The van der Waals surface area contributed by atoms with Crippen molar-refractivity contribution in [3.05, 3.63) is 0 Å². The Morgan fingerprint density at radius 1 is 1.50 bits per heavy atom. The minimum atomic E-state index is 0.0318. The van der Waals surface area contributed by atoms with E-state index < -0.39 is 0 Å². The van der Waals surface area contributed by atoms with Gasteiger partial charge in [0.25, 0.3) is 0 Å². The van der Waals surface area contributed by atoms with Crippen molar-refractivity contribution in [2.24, 2.45) is 5.92 Å².